The van der Waals surface area contributed by atoms with Crippen LogP contribution in [-0.2, 0) is 14.3 Å². The van der Waals surface area contributed by atoms with E-state index in [1.807, 2.05) is 43.3 Å². The number of hydrogen-bond acceptors (Lipinski definition) is 6. The Morgan fingerprint density at radius 1 is 1.15 bits per heavy atom. The number of aromatic nitrogens is 3. The highest BCUT2D eigenvalue weighted by Gasteiger charge is 2.38. The molecule has 0 fully saturated rings. The van der Waals surface area contributed by atoms with Crippen LogP contribution in [0, 0.1) is 6.92 Å². The van der Waals surface area contributed by atoms with E-state index >= 15 is 0 Å². The number of anilines is 2. The average Bonchev–Trinajstić information content (AvgIpc) is 3.28. The van der Waals surface area contributed by atoms with Crippen LogP contribution in [0.2, 0.25) is 5.02 Å². The van der Waals surface area contributed by atoms with Gasteiger partial charge in [0, 0.05) is 16.4 Å². The van der Waals surface area contributed by atoms with Crippen molar-refractivity contribution < 1.29 is 14.3 Å². The van der Waals surface area contributed by atoms with E-state index in [9.17, 15) is 9.59 Å². The number of esters is 1. The first-order valence-electron chi connectivity index (χ1n) is 10.6. The minimum Gasteiger partial charge on any atom is -0.463 e. The van der Waals surface area contributed by atoms with Gasteiger partial charge in [-0.1, -0.05) is 48.0 Å². The Morgan fingerprint density at radius 2 is 1.91 bits per heavy atom. The molecule has 1 unspecified atom stereocenters. The fourth-order valence-corrected chi connectivity index (χ4v) is 4.07. The van der Waals surface area contributed by atoms with Crippen molar-refractivity contribution in [2.24, 2.45) is 0 Å². The van der Waals surface area contributed by atoms with Gasteiger partial charge < -0.3 is 15.0 Å². The average molecular weight is 466 g/mol. The minimum absolute atomic E-state index is 0.0686. The molecule has 1 aliphatic heterocycles. The van der Waals surface area contributed by atoms with Crippen LogP contribution in [0.15, 0.2) is 66.1 Å². The molecule has 1 aliphatic rings. The summed E-state index contributed by atoms with van der Waals surface area (Å²) >= 11 is 6.08. The summed E-state index contributed by atoms with van der Waals surface area (Å²) in [5, 5.41) is 7.80. The van der Waals surface area contributed by atoms with E-state index in [1.165, 1.54) is 6.33 Å². The highest BCUT2D eigenvalue weighted by Crippen LogP contribution is 2.38. The molecule has 2 aromatic carbocycles. The highest BCUT2D eigenvalue weighted by atomic mass is 35.5. The van der Waals surface area contributed by atoms with Gasteiger partial charge in [0.1, 0.15) is 18.9 Å². The van der Waals surface area contributed by atoms with E-state index in [2.05, 4.69) is 15.4 Å². The Hall–Kier alpha value is -3.65. The topological polar surface area (TPSA) is 89.3 Å². The van der Waals surface area contributed by atoms with Gasteiger partial charge in [-0.2, -0.15) is 10.1 Å². The molecule has 3 aromatic rings. The van der Waals surface area contributed by atoms with Gasteiger partial charge in [0.15, 0.2) is 0 Å². The van der Waals surface area contributed by atoms with Gasteiger partial charge in [-0.15, -0.1) is 0 Å². The molecule has 33 heavy (non-hydrogen) atoms. The molecular weight excluding hydrogens is 442 g/mol. The predicted molar refractivity (Wildman–Crippen MR) is 126 cm³/mol. The lowest BCUT2D eigenvalue weighted by Gasteiger charge is -2.35. The highest BCUT2D eigenvalue weighted by molar-refractivity contribution is 6.31. The number of aryl methyl sites for hydroxylation is 1. The van der Waals surface area contributed by atoms with Crippen LogP contribution in [0.4, 0.5) is 11.6 Å². The number of nitrogens with one attached hydrogen (secondary N) is 1. The van der Waals surface area contributed by atoms with Crippen LogP contribution >= 0.6 is 11.6 Å². The zero-order valence-electron chi connectivity index (χ0n) is 18.6. The van der Waals surface area contributed by atoms with Crippen molar-refractivity contribution in [3.8, 4) is 0 Å². The number of carbonyl (C=O) groups excluding carboxylic acids is 2. The number of fused-ring (bicyclic) bond motifs is 1. The molecule has 1 aromatic heterocycles. The van der Waals surface area contributed by atoms with E-state index in [0.29, 0.717) is 27.9 Å². The van der Waals surface area contributed by atoms with Crippen molar-refractivity contribution in [3.05, 3.63) is 82.3 Å². The number of ether oxygens (including phenoxy) is 1. The lowest BCUT2D eigenvalue weighted by molar-refractivity contribution is -0.139. The third kappa shape index (κ3) is 4.47. The first kappa shape index (κ1) is 22.5. The summed E-state index contributed by atoms with van der Waals surface area (Å²) in [7, 11) is 0. The van der Waals surface area contributed by atoms with Gasteiger partial charge in [-0.3, -0.25) is 4.79 Å². The number of carbonyl (C=O) groups is 2. The van der Waals surface area contributed by atoms with Gasteiger partial charge in [0.25, 0.3) is 0 Å². The van der Waals surface area contributed by atoms with Gasteiger partial charge in [0.2, 0.25) is 11.9 Å². The van der Waals surface area contributed by atoms with E-state index in [-0.39, 0.29) is 19.1 Å². The predicted octanol–water partition coefficient (Wildman–Crippen LogP) is 4.13. The molecule has 1 amide bonds. The van der Waals surface area contributed by atoms with Crippen molar-refractivity contribution in [2.45, 2.75) is 26.8 Å². The quantitative estimate of drug-likeness (QED) is 0.551. The Morgan fingerprint density at radius 3 is 2.64 bits per heavy atom. The van der Waals surface area contributed by atoms with Gasteiger partial charge in [0.05, 0.1) is 12.2 Å². The molecule has 4 rings (SSSR count). The molecule has 1 N–H and O–H groups in total. The first-order valence-corrected chi connectivity index (χ1v) is 10.9. The molecule has 0 bridgehead atoms. The first-order chi connectivity index (χ1) is 15.9. The molecule has 9 heteroatoms. The monoisotopic (exact) mass is 465 g/mol. The van der Waals surface area contributed by atoms with Gasteiger partial charge in [-0.05, 0) is 44.0 Å². The van der Waals surface area contributed by atoms with Crippen molar-refractivity contribution in [2.75, 3.05) is 23.4 Å². The third-order valence-corrected chi connectivity index (χ3v) is 5.73. The molecule has 0 saturated carbocycles. The second kappa shape index (κ2) is 9.46. The zero-order chi connectivity index (χ0) is 23.5. The molecular formula is C24H24ClN5O3. The van der Waals surface area contributed by atoms with E-state index in [0.717, 1.165) is 11.1 Å². The van der Waals surface area contributed by atoms with Crippen LogP contribution in [0.25, 0.3) is 0 Å². The number of amides is 1. The van der Waals surface area contributed by atoms with E-state index in [4.69, 9.17) is 16.3 Å². The zero-order valence-corrected chi connectivity index (χ0v) is 19.3. The van der Waals surface area contributed by atoms with Crippen molar-refractivity contribution in [1.82, 2.24) is 14.8 Å². The fraction of sp³-hybridized carbons (Fsp3) is 0.250. The molecule has 170 valence electrons. The van der Waals surface area contributed by atoms with E-state index in [1.54, 1.807) is 35.6 Å². The SMILES string of the molecule is CCOC(=O)C1=C(C)N(CC(=O)Nc2cc(Cl)ccc2C)c2ncnn2C1c1ccccc1. The Balaban J connectivity index is 1.72. The summed E-state index contributed by atoms with van der Waals surface area (Å²) in [6, 6.07) is 14.3. The summed E-state index contributed by atoms with van der Waals surface area (Å²) < 4.78 is 7.02. The standard InChI is InChI=1S/C24H24ClN5O3/c1-4-33-23(32)21-16(3)29(13-20(31)28-19-12-18(25)11-10-15(19)2)24-26-14-27-30(24)22(21)17-8-6-5-7-9-17/h5-12,14,22H,4,13H2,1-3H3,(H,28,31). The third-order valence-electron chi connectivity index (χ3n) is 5.49. The maximum Gasteiger partial charge on any atom is 0.338 e. The Bertz CT molecular complexity index is 1220. The van der Waals surface area contributed by atoms with Crippen LogP contribution in [0.1, 0.15) is 31.0 Å². The molecule has 0 radical (unpaired) electrons. The van der Waals surface area contributed by atoms with Crippen LogP contribution < -0.4 is 10.2 Å². The lowest BCUT2D eigenvalue weighted by atomic mass is 9.95. The summed E-state index contributed by atoms with van der Waals surface area (Å²) in [5.74, 6) is -0.274. The molecule has 8 nitrogen and oxygen atoms in total. The largest absolute Gasteiger partial charge is 0.463 e. The van der Waals surface area contributed by atoms with Crippen molar-refractivity contribution in [3.63, 3.8) is 0 Å². The number of allylic oxidation sites excluding steroid dienone is 1. The second-order valence-electron chi connectivity index (χ2n) is 7.63. The number of halogens is 1. The normalized spacial score (nSPS) is 15.3. The van der Waals surface area contributed by atoms with E-state index < -0.39 is 12.0 Å². The maximum atomic E-state index is 13.0. The molecule has 0 saturated heterocycles. The van der Waals surface area contributed by atoms with Crippen LogP contribution in [0.3, 0.4) is 0 Å². The summed E-state index contributed by atoms with van der Waals surface area (Å²) in [5.41, 5.74) is 3.37. The summed E-state index contributed by atoms with van der Waals surface area (Å²) in [6.45, 7) is 5.60. The maximum absolute atomic E-state index is 13.0. The minimum atomic E-state index is -0.516. The lowest BCUT2D eigenvalue weighted by Crippen LogP contribution is -2.41. The Labute approximate surface area is 196 Å². The van der Waals surface area contributed by atoms with Crippen LogP contribution in [0.5, 0.6) is 0 Å². The number of rotatable bonds is 6. The van der Waals surface area contributed by atoms with Crippen molar-refractivity contribution >= 4 is 35.1 Å². The van der Waals surface area contributed by atoms with Crippen LogP contribution in [-0.4, -0.2) is 39.8 Å². The number of benzene rings is 2. The summed E-state index contributed by atoms with van der Waals surface area (Å²) in [4.78, 5) is 32.1. The van der Waals surface area contributed by atoms with Gasteiger partial charge in [-0.25, -0.2) is 9.48 Å². The molecule has 0 aliphatic carbocycles. The van der Waals surface area contributed by atoms with Crippen molar-refractivity contribution in [1.29, 1.82) is 0 Å². The molecule has 0 spiro atoms. The molecule has 2 heterocycles. The summed E-state index contributed by atoms with van der Waals surface area (Å²) in [6.07, 6.45) is 1.42. The number of nitrogens with zero attached hydrogens (tertiary/aromatic N) is 4. The fourth-order valence-electron chi connectivity index (χ4n) is 3.90. The number of hydrogen-bond donors (Lipinski definition) is 1. The van der Waals surface area contributed by atoms with Gasteiger partial charge >= 0.3 is 5.97 Å². The molecule has 1 atom stereocenters. The smallest absolute Gasteiger partial charge is 0.338 e. The Kier molecular flexibility index (Phi) is 6.46. The second-order valence-corrected chi connectivity index (χ2v) is 8.07.